The Hall–Kier alpha value is -2.51. The minimum absolute atomic E-state index is 0.000246. The largest absolute Gasteiger partial charge is 0.371 e. The van der Waals surface area contributed by atoms with Crippen LogP contribution in [0, 0.1) is 35.0 Å². The molecule has 0 fully saturated rings. The fraction of sp³-hybridized carbons (Fsp3) is 0.368. The maximum Gasteiger partial charge on any atom is 0.371 e. The smallest absolute Gasteiger partial charge is 0.313 e. The van der Waals surface area contributed by atoms with E-state index < -0.39 is 40.6 Å². The first-order valence-corrected chi connectivity index (χ1v) is 8.42. The van der Waals surface area contributed by atoms with Gasteiger partial charge in [-0.15, -0.1) is 0 Å². The summed E-state index contributed by atoms with van der Waals surface area (Å²) in [6.45, 7) is 1.53. The highest BCUT2D eigenvalue weighted by Crippen LogP contribution is 2.24. The molecule has 1 aliphatic rings. The minimum atomic E-state index is -2.35. The van der Waals surface area contributed by atoms with Crippen molar-refractivity contribution in [3.63, 3.8) is 0 Å². The van der Waals surface area contributed by atoms with Crippen LogP contribution in [-0.4, -0.2) is 11.7 Å². The van der Waals surface area contributed by atoms with Gasteiger partial charge in [0, 0.05) is 0 Å². The minimum Gasteiger partial charge on any atom is -0.313 e. The van der Waals surface area contributed by atoms with Crippen LogP contribution in [-0.2, 0) is 4.84 Å². The van der Waals surface area contributed by atoms with E-state index in [0.717, 1.165) is 25.7 Å². The van der Waals surface area contributed by atoms with Crippen LogP contribution in [0.15, 0.2) is 29.5 Å². The molecule has 3 nitrogen and oxygen atoms in total. The Morgan fingerprint density at radius 3 is 1.96 bits per heavy atom. The Bertz CT molecular complexity index is 757. The van der Waals surface area contributed by atoms with Crippen LogP contribution in [0.3, 0.4) is 0 Å². The monoisotopic (exact) mass is 387 g/mol. The zero-order chi connectivity index (χ0) is 20.0. The summed E-state index contributed by atoms with van der Waals surface area (Å²) in [4.78, 5) is 16.1. The molecule has 0 unspecified atom stereocenters. The molecule has 0 bridgehead atoms. The zero-order valence-electron chi connectivity index (χ0n) is 14.6. The van der Waals surface area contributed by atoms with Crippen molar-refractivity contribution >= 4 is 11.7 Å². The quantitative estimate of drug-likeness (QED) is 0.128. The van der Waals surface area contributed by atoms with Gasteiger partial charge in [-0.2, -0.15) is 0 Å². The molecule has 0 saturated heterocycles. The van der Waals surface area contributed by atoms with Crippen LogP contribution in [0.25, 0.3) is 0 Å². The van der Waals surface area contributed by atoms with E-state index in [-0.39, 0.29) is 5.92 Å². The number of hydrogen-bond acceptors (Lipinski definition) is 3. The number of oxime groups is 1. The van der Waals surface area contributed by atoms with Crippen molar-refractivity contribution in [3.05, 3.63) is 59.0 Å². The molecule has 1 aromatic rings. The molecule has 0 aliphatic heterocycles. The zero-order valence-corrected chi connectivity index (χ0v) is 14.6. The van der Waals surface area contributed by atoms with Crippen molar-refractivity contribution in [2.75, 3.05) is 0 Å². The van der Waals surface area contributed by atoms with Crippen LogP contribution in [0.2, 0.25) is 0 Å². The average Bonchev–Trinajstić information content (AvgIpc) is 2.77. The first kappa shape index (κ1) is 20.8. The molecule has 1 aliphatic carbocycles. The molecule has 0 atom stereocenters. The van der Waals surface area contributed by atoms with Crippen molar-refractivity contribution in [1.82, 2.24) is 0 Å². The highest BCUT2D eigenvalue weighted by molar-refractivity contribution is 5.91. The van der Waals surface area contributed by atoms with Gasteiger partial charge in [-0.05, 0) is 44.9 Å². The fourth-order valence-electron chi connectivity index (χ4n) is 2.59. The van der Waals surface area contributed by atoms with Gasteiger partial charge in [0.25, 0.3) is 0 Å². The maximum absolute atomic E-state index is 13.6. The van der Waals surface area contributed by atoms with Crippen molar-refractivity contribution in [2.24, 2.45) is 11.1 Å². The Balaban J connectivity index is 2.12. The van der Waals surface area contributed by atoms with E-state index in [9.17, 15) is 26.7 Å². The van der Waals surface area contributed by atoms with Gasteiger partial charge in [0.2, 0.25) is 5.82 Å². The van der Waals surface area contributed by atoms with Crippen molar-refractivity contribution < 1.29 is 31.6 Å². The summed E-state index contributed by atoms with van der Waals surface area (Å²) in [6.07, 6.45) is 12.5. The first-order valence-electron chi connectivity index (χ1n) is 8.42. The number of halogens is 5. The van der Waals surface area contributed by atoms with Gasteiger partial charge < -0.3 is 4.84 Å². The predicted molar refractivity (Wildman–Crippen MR) is 89.6 cm³/mol. The van der Waals surface area contributed by atoms with E-state index in [4.69, 9.17) is 0 Å². The van der Waals surface area contributed by atoms with Crippen LogP contribution in [0.4, 0.5) is 22.0 Å². The first-order chi connectivity index (χ1) is 12.8. The van der Waals surface area contributed by atoms with Gasteiger partial charge in [-0.25, -0.2) is 26.7 Å². The molecular weight excluding hydrogens is 369 g/mol. The molecule has 146 valence electrons. The molecule has 0 spiro atoms. The van der Waals surface area contributed by atoms with Crippen LogP contribution >= 0.6 is 0 Å². The molecule has 27 heavy (non-hydrogen) atoms. The molecule has 0 radical (unpaired) electrons. The van der Waals surface area contributed by atoms with E-state index in [2.05, 4.69) is 9.99 Å². The number of hydrogen-bond donors (Lipinski definition) is 0. The summed E-state index contributed by atoms with van der Waals surface area (Å²) in [5, 5.41) is 3.46. The normalized spacial score (nSPS) is 18.4. The Morgan fingerprint density at radius 2 is 1.44 bits per heavy atom. The van der Waals surface area contributed by atoms with E-state index in [1.54, 1.807) is 0 Å². The Labute approximate surface area is 153 Å². The van der Waals surface area contributed by atoms with Gasteiger partial charge in [-0.3, -0.25) is 0 Å². The maximum atomic E-state index is 13.6. The van der Waals surface area contributed by atoms with Crippen molar-refractivity contribution in [1.29, 1.82) is 0 Å². The molecule has 0 heterocycles. The van der Waals surface area contributed by atoms with Crippen molar-refractivity contribution in [2.45, 2.75) is 39.0 Å². The van der Waals surface area contributed by atoms with E-state index in [0.29, 0.717) is 12.1 Å². The number of nitrogens with zero attached hydrogens (tertiary/aromatic N) is 1. The summed E-state index contributed by atoms with van der Waals surface area (Å²) in [7, 11) is 0. The topological polar surface area (TPSA) is 38.7 Å². The summed E-state index contributed by atoms with van der Waals surface area (Å²) >= 11 is 0. The van der Waals surface area contributed by atoms with Gasteiger partial charge in [0.15, 0.2) is 23.3 Å². The molecule has 0 N–H and O–H groups in total. The third kappa shape index (κ3) is 5.24. The lowest BCUT2D eigenvalue weighted by Crippen LogP contribution is -2.14. The molecule has 0 amide bonds. The number of carbonyl (C=O) groups excluding carboxylic acids is 1. The third-order valence-electron chi connectivity index (χ3n) is 3.99. The molecule has 1 aromatic carbocycles. The molecule has 0 saturated carbocycles. The van der Waals surface area contributed by atoms with Crippen LogP contribution in [0.5, 0.6) is 0 Å². The second-order valence-corrected chi connectivity index (χ2v) is 6.16. The Kier molecular flexibility index (Phi) is 7.27. The number of benzene rings is 1. The van der Waals surface area contributed by atoms with Gasteiger partial charge in [0.1, 0.15) is 5.56 Å². The molecular formula is C19H18F5NO2. The van der Waals surface area contributed by atoms with Crippen LogP contribution in [0.1, 0.15) is 49.4 Å². The molecule has 2 rings (SSSR count). The average molecular weight is 387 g/mol. The van der Waals surface area contributed by atoms with Gasteiger partial charge in [0.05, 0.1) is 5.71 Å². The van der Waals surface area contributed by atoms with Crippen molar-refractivity contribution in [3.8, 4) is 0 Å². The van der Waals surface area contributed by atoms with Crippen LogP contribution < -0.4 is 0 Å². The second kappa shape index (κ2) is 9.43. The number of rotatable bonds is 4. The van der Waals surface area contributed by atoms with Gasteiger partial charge in [-0.1, -0.05) is 29.5 Å². The standard InChI is InChI=1S/C19H18F5NO2/c1-11(10-12-8-6-4-2-3-5-7-9-12)25-27-19(26)13-14(20)16(22)18(24)17(23)15(13)21/h6-9,12H,2-5,10H2,1H3/b8-6-,9-7-,25-11+. The summed E-state index contributed by atoms with van der Waals surface area (Å²) in [5.41, 5.74) is -1.35. The lowest BCUT2D eigenvalue weighted by Gasteiger charge is -2.08. The molecule has 8 heteroatoms. The lowest BCUT2D eigenvalue weighted by molar-refractivity contribution is 0.0500. The van der Waals surface area contributed by atoms with E-state index >= 15 is 0 Å². The predicted octanol–water partition coefficient (Wildman–Crippen LogP) is 5.61. The lowest BCUT2D eigenvalue weighted by atomic mass is 10.0. The number of allylic oxidation sites excluding steroid dienone is 4. The molecule has 0 aromatic heterocycles. The second-order valence-electron chi connectivity index (χ2n) is 6.16. The summed E-state index contributed by atoms with van der Waals surface area (Å²) in [5.74, 6) is -13.1. The third-order valence-corrected chi connectivity index (χ3v) is 3.99. The highest BCUT2D eigenvalue weighted by atomic mass is 19.2. The number of carbonyl (C=O) groups is 1. The SMILES string of the molecule is C/C(CC1/C=C\CCCC/C=C\1)=N\OC(=O)c1c(F)c(F)c(F)c(F)c1F. The summed E-state index contributed by atoms with van der Waals surface area (Å²) < 4.78 is 66.5. The fourth-order valence-corrected chi connectivity index (χ4v) is 2.59. The van der Waals surface area contributed by atoms with Gasteiger partial charge >= 0.3 is 5.97 Å². The summed E-state index contributed by atoms with van der Waals surface area (Å²) in [6, 6.07) is 0. The van der Waals surface area contributed by atoms with E-state index in [1.165, 1.54) is 6.92 Å². The highest BCUT2D eigenvalue weighted by Gasteiger charge is 2.31. The van der Waals surface area contributed by atoms with E-state index in [1.807, 2.05) is 24.3 Å². The Morgan fingerprint density at radius 1 is 0.963 bits per heavy atom.